The lowest BCUT2D eigenvalue weighted by molar-refractivity contribution is -0.118. The molecule has 9 heteroatoms. The van der Waals surface area contributed by atoms with E-state index in [0.717, 1.165) is 0 Å². The first-order valence-corrected chi connectivity index (χ1v) is 5.94. The first-order chi connectivity index (χ1) is 9.67. The van der Waals surface area contributed by atoms with Crippen LogP contribution in [0.5, 0.6) is 5.88 Å². The molecule has 106 valence electrons. The second-order valence-electron chi connectivity index (χ2n) is 4.29. The van der Waals surface area contributed by atoms with E-state index in [0.29, 0.717) is 13.2 Å². The molecule has 3 heterocycles. The van der Waals surface area contributed by atoms with Crippen LogP contribution in [0, 0.1) is 0 Å². The normalized spacial score (nSPS) is 21.1. The van der Waals surface area contributed by atoms with Gasteiger partial charge in [-0.25, -0.2) is 14.8 Å². The number of hydrogen-bond donors (Lipinski definition) is 1. The average Bonchev–Trinajstić information content (AvgIpc) is 2.79. The highest BCUT2D eigenvalue weighted by molar-refractivity contribution is 5.94. The van der Waals surface area contributed by atoms with E-state index in [1.54, 1.807) is 0 Å². The van der Waals surface area contributed by atoms with Crippen LogP contribution >= 0.6 is 0 Å². The van der Waals surface area contributed by atoms with Crippen LogP contribution in [0.1, 0.15) is 0 Å². The van der Waals surface area contributed by atoms with Gasteiger partial charge in [-0.05, 0) is 0 Å². The fourth-order valence-electron chi connectivity index (χ4n) is 1.97. The fourth-order valence-corrected chi connectivity index (χ4v) is 1.97. The largest absolute Gasteiger partial charge is 0.465 e. The Hall–Kier alpha value is -2.42. The van der Waals surface area contributed by atoms with Crippen LogP contribution in [0.15, 0.2) is 6.20 Å². The number of fused-ring (bicyclic) bond motifs is 1. The van der Waals surface area contributed by atoms with Crippen molar-refractivity contribution in [2.75, 3.05) is 37.1 Å². The van der Waals surface area contributed by atoms with Crippen molar-refractivity contribution in [3.63, 3.8) is 0 Å². The van der Waals surface area contributed by atoms with E-state index in [4.69, 9.17) is 14.2 Å². The van der Waals surface area contributed by atoms with Gasteiger partial charge in [-0.2, -0.15) is 0 Å². The van der Waals surface area contributed by atoms with Gasteiger partial charge in [-0.15, -0.1) is 0 Å². The monoisotopic (exact) mass is 280 g/mol. The molecule has 1 atom stereocenters. The number of cyclic esters (lactones) is 1. The number of ether oxygens (including phenoxy) is 3. The molecule has 0 aromatic carbocycles. The molecule has 1 N–H and O–H groups in total. The summed E-state index contributed by atoms with van der Waals surface area (Å²) in [5.74, 6) is 0.402. The van der Waals surface area contributed by atoms with E-state index in [2.05, 4.69) is 15.3 Å². The third-order valence-corrected chi connectivity index (χ3v) is 2.83. The molecule has 2 aliphatic rings. The van der Waals surface area contributed by atoms with Gasteiger partial charge in [0, 0.05) is 7.11 Å². The van der Waals surface area contributed by atoms with Crippen molar-refractivity contribution in [2.45, 2.75) is 6.10 Å². The van der Waals surface area contributed by atoms with Crippen molar-refractivity contribution >= 4 is 23.6 Å². The van der Waals surface area contributed by atoms with Crippen molar-refractivity contribution in [3.05, 3.63) is 6.20 Å². The van der Waals surface area contributed by atoms with Gasteiger partial charge in [0.1, 0.15) is 6.10 Å². The second-order valence-corrected chi connectivity index (χ2v) is 4.29. The third-order valence-electron chi connectivity index (χ3n) is 2.83. The number of methoxy groups -OCH3 is 1. The molecule has 2 aliphatic heterocycles. The molecule has 0 bridgehead atoms. The van der Waals surface area contributed by atoms with Crippen molar-refractivity contribution in [3.8, 4) is 5.88 Å². The molecular formula is C11H12N4O5. The summed E-state index contributed by atoms with van der Waals surface area (Å²) in [6.07, 6.45) is 0.521. The van der Waals surface area contributed by atoms with Gasteiger partial charge in [0.05, 0.1) is 19.3 Å². The molecule has 20 heavy (non-hydrogen) atoms. The molecule has 0 unspecified atom stereocenters. The van der Waals surface area contributed by atoms with Gasteiger partial charge in [-0.3, -0.25) is 9.69 Å². The standard InChI is InChI=1S/C11H12N4O5/c1-18-4-6-3-15(11(17)20-6)7-2-12-10-9(13-7)14-8(16)5-19-10/h2,6H,3-5H2,1H3,(H,13,14,16)/t6-/m1/s1. The zero-order chi connectivity index (χ0) is 14.1. The third kappa shape index (κ3) is 2.23. The molecule has 0 saturated carbocycles. The predicted molar refractivity (Wildman–Crippen MR) is 65.6 cm³/mol. The summed E-state index contributed by atoms with van der Waals surface area (Å²) >= 11 is 0. The number of aromatic nitrogens is 2. The van der Waals surface area contributed by atoms with Gasteiger partial charge in [-0.1, -0.05) is 0 Å². The van der Waals surface area contributed by atoms with Crippen molar-refractivity contribution in [1.82, 2.24) is 9.97 Å². The highest BCUT2D eigenvalue weighted by Gasteiger charge is 2.34. The molecule has 1 aromatic rings. The maximum Gasteiger partial charge on any atom is 0.416 e. The summed E-state index contributed by atoms with van der Waals surface area (Å²) < 4.78 is 15.2. The van der Waals surface area contributed by atoms with Crippen molar-refractivity contribution in [2.24, 2.45) is 0 Å². The Balaban J connectivity index is 1.82. The Labute approximate surface area is 113 Å². The summed E-state index contributed by atoms with van der Waals surface area (Å²) in [6.45, 7) is 0.526. The van der Waals surface area contributed by atoms with E-state index in [1.807, 2.05) is 0 Å². The maximum absolute atomic E-state index is 11.8. The Morgan fingerprint density at radius 2 is 2.40 bits per heavy atom. The van der Waals surface area contributed by atoms with E-state index in [-0.39, 0.29) is 36.1 Å². The van der Waals surface area contributed by atoms with Crippen LogP contribution in [0.2, 0.25) is 0 Å². The number of nitrogens with zero attached hydrogens (tertiary/aromatic N) is 3. The minimum absolute atomic E-state index is 0.0945. The Morgan fingerprint density at radius 1 is 1.55 bits per heavy atom. The molecule has 2 amide bonds. The molecule has 0 spiro atoms. The molecule has 1 aromatic heterocycles. The Kier molecular flexibility index (Phi) is 3.11. The number of hydrogen-bond acceptors (Lipinski definition) is 7. The average molecular weight is 280 g/mol. The van der Waals surface area contributed by atoms with Crippen LogP contribution in [-0.2, 0) is 14.3 Å². The SMILES string of the molecule is COC[C@H]1CN(c2cnc3c(n2)NC(=O)CO3)C(=O)O1. The summed E-state index contributed by atoms with van der Waals surface area (Å²) in [5, 5.41) is 2.53. The zero-order valence-electron chi connectivity index (χ0n) is 10.7. The first-order valence-electron chi connectivity index (χ1n) is 5.94. The number of rotatable bonds is 3. The first kappa shape index (κ1) is 12.6. The summed E-state index contributed by atoms with van der Waals surface area (Å²) in [5.41, 5.74) is 0. The molecule has 1 fully saturated rings. The number of nitrogens with one attached hydrogen (secondary N) is 1. The van der Waals surface area contributed by atoms with Crippen LogP contribution in [0.4, 0.5) is 16.4 Å². The minimum Gasteiger partial charge on any atom is -0.465 e. The van der Waals surface area contributed by atoms with Crippen LogP contribution in [-0.4, -0.2) is 54.9 Å². The van der Waals surface area contributed by atoms with E-state index in [9.17, 15) is 9.59 Å². The Morgan fingerprint density at radius 3 is 3.20 bits per heavy atom. The lowest BCUT2D eigenvalue weighted by Crippen LogP contribution is -2.30. The van der Waals surface area contributed by atoms with Gasteiger partial charge in [0.2, 0.25) is 0 Å². The van der Waals surface area contributed by atoms with Gasteiger partial charge < -0.3 is 19.5 Å². The molecular weight excluding hydrogens is 268 g/mol. The lowest BCUT2D eigenvalue weighted by atomic mass is 10.3. The lowest BCUT2D eigenvalue weighted by Gasteiger charge is -2.18. The number of carbonyl (C=O) groups excluding carboxylic acids is 2. The summed E-state index contributed by atoms with van der Waals surface area (Å²) in [7, 11) is 1.53. The van der Waals surface area contributed by atoms with E-state index < -0.39 is 6.09 Å². The summed E-state index contributed by atoms with van der Waals surface area (Å²) in [6, 6.07) is 0. The topological polar surface area (TPSA) is 103 Å². The quantitative estimate of drug-likeness (QED) is 0.816. The van der Waals surface area contributed by atoms with Gasteiger partial charge >= 0.3 is 6.09 Å². The molecule has 0 radical (unpaired) electrons. The van der Waals surface area contributed by atoms with Crippen LogP contribution < -0.4 is 15.0 Å². The van der Waals surface area contributed by atoms with Crippen LogP contribution in [0.3, 0.4) is 0 Å². The Bertz CT molecular complexity index is 564. The van der Waals surface area contributed by atoms with Crippen molar-refractivity contribution in [1.29, 1.82) is 0 Å². The summed E-state index contributed by atoms with van der Waals surface area (Å²) in [4.78, 5) is 32.5. The molecule has 0 aliphatic carbocycles. The minimum atomic E-state index is -0.524. The van der Waals surface area contributed by atoms with Gasteiger partial charge in [0.25, 0.3) is 11.8 Å². The van der Waals surface area contributed by atoms with Crippen molar-refractivity contribution < 1.29 is 23.8 Å². The number of anilines is 2. The van der Waals surface area contributed by atoms with Crippen LogP contribution in [0.25, 0.3) is 0 Å². The molecule has 1 saturated heterocycles. The van der Waals surface area contributed by atoms with E-state index >= 15 is 0 Å². The maximum atomic E-state index is 11.8. The zero-order valence-corrected chi connectivity index (χ0v) is 10.7. The highest BCUT2D eigenvalue weighted by Crippen LogP contribution is 2.27. The molecule has 3 rings (SSSR count). The smallest absolute Gasteiger partial charge is 0.416 e. The molecule has 9 nitrogen and oxygen atoms in total. The highest BCUT2D eigenvalue weighted by atomic mass is 16.6. The van der Waals surface area contributed by atoms with Gasteiger partial charge in [0.15, 0.2) is 18.2 Å². The number of amides is 2. The second kappa shape index (κ2) is 4.93. The number of carbonyl (C=O) groups is 2. The predicted octanol–water partition coefficient (Wildman–Crippen LogP) is -0.221. The fraction of sp³-hybridized carbons (Fsp3) is 0.455. The van der Waals surface area contributed by atoms with E-state index in [1.165, 1.54) is 18.2 Å².